The summed E-state index contributed by atoms with van der Waals surface area (Å²) in [5.41, 5.74) is 13.7. The molecule has 1 fully saturated rings. The number of nitrogens with one attached hydrogen (secondary N) is 4. The number of likely N-dealkylation sites (N-methyl/N-ethyl adjacent to an activating group) is 2. The van der Waals surface area contributed by atoms with Crippen LogP contribution in [0, 0.1) is 0 Å². The number of carbonyl (C=O) groups excluding carboxylic acids is 5. The van der Waals surface area contributed by atoms with Gasteiger partial charge in [0.1, 0.15) is 26.2 Å². The number of amides is 4. The van der Waals surface area contributed by atoms with E-state index in [1.165, 1.54) is 18.2 Å². The molecule has 3 aromatic carbocycles. The fourth-order valence-corrected chi connectivity index (χ4v) is 7.85. The van der Waals surface area contributed by atoms with E-state index in [0.29, 0.717) is 71.5 Å². The van der Waals surface area contributed by atoms with E-state index in [1.54, 1.807) is 7.05 Å². The number of carbonyl (C=O) groups is 6. The molecule has 0 bridgehead atoms. The van der Waals surface area contributed by atoms with Gasteiger partial charge in [-0.2, -0.15) is 5.06 Å². The molecule has 0 radical (unpaired) electrons. The molecule has 2 aliphatic rings. The van der Waals surface area contributed by atoms with E-state index in [1.807, 2.05) is 82.3 Å². The van der Waals surface area contributed by atoms with Gasteiger partial charge in [0.05, 0.1) is 39.1 Å². The topological polar surface area (TPSA) is 334 Å². The van der Waals surface area contributed by atoms with Crippen LogP contribution in [-0.2, 0) is 87.3 Å². The van der Waals surface area contributed by atoms with Crippen molar-refractivity contribution < 1.29 is 90.8 Å². The lowest BCUT2D eigenvalue weighted by Gasteiger charge is -2.22. The quantitative estimate of drug-likeness (QED) is 0.00926. The third-order valence-electron chi connectivity index (χ3n) is 12.0. The first-order valence-corrected chi connectivity index (χ1v) is 29.3. The summed E-state index contributed by atoms with van der Waals surface area (Å²) in [4.78, 5) is 77.4. The van der Waals surface area contributed by atoms with Crippen molar-refractivity contribution in [2.24, 2.45) is 5.11 Å². The number of ether oxygens (including phenoxy) is 11. The largest absolute Gasteiger partial charge is 0.475 e. The highest BCUT2D eigenvalue weighted by atomic mass is 16.8. The third kappa shape index (κ3) is 35.7. The van der Waals surface area contributed by atoms with Crippen molar-refractivity contribution in [3.63, 3.8) is 0 Å². The summed E-state index contributed by atoms with van der Waals surface area (Å²) in [5.74, 6) is -2.48. The van der Waals surface area contributed by atoms with Crippen LogP contribution in [0.3, 0.4) is 0 Å². The Morgan fingerprint density at radius 1 is 0.644 bits per heavy atom. The highest BCUT2D eigenvalue weighted by Gasteiger charge is 2.38. The van der Waals surface area contributed by atoms with Crippen molar-refractivity contribution in [2.75, 3.05) is 128 Å². The number of unbranched alkanes of at least 4 members (excludes halogenated alkanes) is 3. The molecule has 1 saturated heterocycles. The van der Waals surface area contributed by atoms with Crippen molar-refractivity contribution in [2.45, 2.75) is 110 Å². The van der Waals surface area contributed by atoms with Gasteiger partial charge in [0.2, 0.25) is 17.7 Å². The smallest absolute Gasteiger partial charge is 0.434 e. The molecule has 87 heavy (non-hydrogen) atoms. The molecule has 1 heterocycles. The summed E-state index contributed by atoms with van der Waals surface area (Å²) >= 11 is 0. The molecule has 2 atom stereocenters. The van der Waals surface area contributed by atoms with Crippen LogP contribution >= 0.6 is 0 Å². The van der Waals surface area contributed by atoms with Gasteiger partial charge < -0.3 is 78.5 Å². The van der Waals surface area contributed by atoms with E-state index in [2.05, 4.69) is 62.5 Å². The Bertz CT molecular complexity index is 2310. The number of carboxylic acids is 1. The molecule has 3 aromatic rings. The summed E-state index contributed by atoms with van der Waals surface area (Å²) in [7, 11) is 3.12. The zero-order valence-corrected chi connectivity index (χ0v) is 51.7. The summed E-state index contributed by atoms with van der Waals surface area (Å²) in [5, 5.41) is 23.9. The van der Waals surface area contributed by atoms with Crippen molar-refractivity contribution in [1.29, 1.82) is 0 Å². The number of hydrogen-bond donors (Lipinski definition) is 5. The zero-order valence-electron chi connectivity index (χ0n) is 51.7. The maximum Gasteiger partial charge on any atom is 0.434 e. The molecular formula is C60H94N8O19. The second kappa shape index (κ2) is 53.5. The van der Waals surface area contributed by atoms with Gasteiger partial charge in [-0.05, 0) is 66.1 Å². The summed E-state index contributed by atoms with van der Waals surface area (Å²) in [6.45, 7) is 13.2. The van der Waals surface area contributed by atoms with E-state index in [-0.39, 0.29) is 97.7 Å². The monoisotopic (exact) mass is 1230 g/mol. The second-order valence-corrected chi connectivity index (χ2v) is 18.0. The van der Waals surface area contributed by atoms with Crippen LogP contribution in [0.15, 0.2) is 84.0 Å². The maximum atomic E-state index is 12.5. The fourth-order valence-electron chi connectivity index (χ4n) is 7.85. The number of Topliss-reactive ketones (excluding diaryl/α,β-unsaturated/α-hetero) is 1. The van der Waals surface area contributed by atoms with Crippen molar-refractivity contribution in [1.82, 2.24) is 26.3 Å². The highest BCUT2D eigenvalue weighted by molar-refractivity contribution is 6.34. The van der Waals surface area contributed by atoms with E-state index in [0.717, 1.165) is 47.6 Å². The zero-order chi connectivity index (χ0) is 64.0. The van der Waals surface area contributed by atoms with E-state index in [4.69, 9.17) is 67.6 Å². The third-order valence-corrected chi connectivity index (χ3v) is 12.0. The summed E-state index contributed by atoms with van der Waals surface area (Å²) in [6, 6.07) is 24.3. The molecular weight excluding hydrogens is 1140 g/mol. The molecule has 0 aromatic heterocycles. The summed E-state index contributed by atoms with van der Waals surface area (Å²) < 4.78 is 56.5. The predicted octanol–water partition coefficient (Wildman–Crippen LogP) is 7.32. The van der Waals surface area contributed by atoms with Crippen molar-refractivity contribution in [3.05, 3.63) is 106 Å². The van der Waals surface area contributed by atoms with Crippen LogP contribution < -0.4 is 21.3 Å². The van der Waals surface area contributed by atoms with Gasteiger partial charge in [-0.25, -0.2) is 9.59 Å². The molecule has 27 heteroatoms. The van der Waals surface area contributed by atoms with Crippen LogP contribution in [0.1, 0.15) is 109 Å². The first-order chi connectivity index (χ1) is 42.6. The van der Waals surface area contributed by atoms with Crippen molar-refractivity contribution >= 4 is 35.6 Å². The van der Waals surface area contributed by atoms with Crippen LogP contribution in [0.5, 0.6) is 0 Å². The van der Waals surface area contributed by atoms with Gasteiger partial charge in [-0.15, -0.1) is 0 Å². The second-order valence-electron chi connectivity index (χ2n) is 18.0. The number of ketones is 1. The average molecular weight is 1230 g/mol. The minimum absolute atomic E-state index is 0.0169. The molecule has 27 nitrogen and oxygen atoms in total. The van der Waals surface area contributed by atoms with Gasteiger partial charge >= 0.3 is 12.1 Å². The van der Waals surface area contributed by atoms with Gasteiger partial charge in [0, 0.05) is 56.8 Å². The minimum atomic E-state index is -1.40. The van der Waals surface area contributed by atoms with Gasteiger partial charge in [0.25, 0.3) is 5.78 Å². The average Bonchev–Trinajstić information content (AvgIpc) is 1.82. The van der Waals surface area contributed by atoms with Gasteiger partial charge in [-0.1, -0.05) is 131 Å². The maximum absolute atomic E-state index is 12.5. The van der Waals surface area contributed by atoms with Crippen molar-refractivity contribution in [3.8, 4) is 11.1 Å². The van der Waals surface area contributed by atoms with Crippen LogP contribution in [0.2, 0.25) is 0 Å². The molecule has 0 saturated carbocycles. The van der Waals surface area contributed by atoms with Gasteiger partial charge in [-0.3, -0.25) is 24.0 Å². The number of nitrogens with zero attached hydrogens (tertiary/aromatic N) is 4. The number of fused-ring (bicyclic) bond motifs is 3. The SMILES string of the molecule is CC.CC.CCCCCNC(=O)CCCCC(=O)NCCOCCOCOCOCOCOCOCOCOCOCCN=[N+]=[N-].CNC(=O)[C@@H]1CCON1C(=O)OCC1c2ccccc2-c2ccccc21.CN[C@@H](Cc1ccccc1)C(=O)C(=O)O. The predicted molar refractivity (Wildman–Crippen MR) is 321 cm³/mol. The molecule has 5 rings (SSSR count). The van der Waals surface area contributed by atoms with E-state index < -0.39 is 29.9 Å². The van der Waals surface area contributed by atoms with Crippen LogP contribution in [0.25, 0.3) is 21.6 Å². The Kier molecular flexibility index (Phi) is 48.2. The van der Waals surface area contributed by atoms with E-state index >= 15 is 0 Å². The standard InChI is InChI=1S/C25H49N5O12.C20H20N2O4.C11H13NO3.2C2H6/c1-2-3-6-9-27-24(31)7-4-5-8-25(32)28-10-12-33-14-15-35-17-37-19-39-21-41-23-42-22-40-20-38-18-36-16-34-13-11-29-30-26;1-21-19(23)18-10-11-26-22(18)20(24)25-12-17-15-8-4-2-6-13(15)14-7-3-5-9-16(14)17;1-12-9(10(13)11(14)15)7-8-5-3-2-4-6-8;2*1-2/h2-23H2,1H3,(H,27,31)(H,28,32);2-9,17-18H,10-12H2,1H3,(H,21,23);2-6,9,12H,7H2,1H3,(H,14,15);2*1-2H3/t;18-;9-;;/m.00../s1. The Morgan fingerprint density at radius 3 is 1.64 bits per heavy atom. The number of rotatable bonds is 42. The number of aliphatic carboxylic acids is 1. The van der Waals surface area contributed by atoms with Gasteiger partial charge in [0.15, 0.2) is 40.8 Å². The number of benzene rings is 3. The lowest BCUT2D eigenvalue weighted by Crippen LogP contribution is -2.44. The number of hydroxylamine groups is 2. The van der Waals surface area contributed by atoms with E-state index in [9.17, 15) is 28.8 Å². The Hall–Kier alpha value is -6.69. The molecule has 0 spiro atoms. The first kappa shape index (κ1) is 78.3. The summed E-state index contributed by atoms with van der Waals surface area (Å²) in [6.07, 6.45) is 5.70. The Morgan fingerprint density at radius 2 is 1.14 bits per heavy atom. The molecule has 1 aliphatic carbocycles. The number of azide groups is 1. The number of carboxylic acid groups (broad SMARTS) is 1. The molecule has 488 valence electrons. The minimum Gasteiger partial charge on any atom is -0.475 e. The van der Waals surface area contributed by atoms with Crippen LogP contribution in [-0.4, -0.2) is 186 Å². The molecule has 4 amide bonds. The van der Waals surface area contributed by atoms with Crippen LogP contribution in [0.4, 0.5) is 4.79 Å². The molecule has 5 N–H and O–H groups in total. The first-order valence-electron chi connectivity index (χ1n) is 29.3. The highest BCUT2D eigenvalue weighted by Crippen LogP contribution is 2.44. The number of hydrogen-bond acceptors (Lipinski definition) is 20. The lowest BCUT2D eigenvalue weighted by molar-refractivity contribution is -0.226. The Labute approximate surface area is 511 Å². The normalized spacial score (nSPS) is 13.0. The Balaban J connectivity index is 0.000000704. The molecule has 0 unspecified atom stereocenters. The lowest BCUT2D eigenvalue weighted by atomic mass is 9.98. The fraction of sp³-hybridized carbons (Fsp3) is 0.600. The molecule has 1 aliphatic heterocycles.